The van der Waals surface area contributed by atoms with Gasteiger partial charge in [0.1, 0.15) is 5.75 Å². The van der Waals surface area contributed by atoms with Crippen LogP contribution in [0.4, 0.5) is 5.69 Å². The van der Waals surface area contributed by atoms with Gasteiger partial charge in [-0.2, -0.15) is 0 Å². The summed E-state index contributed by atoms with van der Waals surface area (Å²) >= 11 is 0. The van der Waals surface area contributed by atoms with E-state index < -0.39 is 0 Å². The average Bonchev–Trinajstić information content (AvgIpc) is 2.69. The summed E-state index contributed by atoms with van der Waals surface area (Å²) in [7, 11) is 1.79. The molecule has 1 aromatic carbocycles. The van der Waals surface area contributed by atoms with Gasteiger partial charge in [0.2, 0.25) is 0 Å². The maximum Gasteiger partial charge on any atom is 0.122 e. The van der Waals surface area contributed by atoms with Crippen LogP contribution < -0.4 is 10.1 Å². The maximum absolute atomic E-state index is 5.49. The van der Waals surface area contributed by atoms with Crippen molar-refractivity contribution >= 4 is 5.69 Å². The van der Waals surface area contributed by atoms with Gasteiger partial charge < -0.3 is 14.8 Å². The third kappa shape index (κ3) is 1.76. The second-order valence-electron chi connectivity index (χ2n) is 4.59. The van der Waals surface area contributed by atoms with Crippen LogP contribution in [-0.4, -0.2) is 25.9 Å². The summed E-state index contributed by atoms with van der Waals surface area (Å²) in [5.74, 6) is 1.05. The summed E-state index contributed by atoms with van der Waals surface area (Å²) in [4.78, 5) is 0. The van der Waals surface area contributed by atoms with Gasteiger partial charge in [0.05, 0.1) is 12.7 Å². The molecule has 1 heterocycles. The first-order chi connectivity index (χ1) is 7.85. The number of benzene rings is 1. The molecule has 86 valence electrons. The van der Waals surface area contributed by atoms with Crippen LogP contribution in [0.1, 0.15) is 18.4 Å². The molecule has 1 aliphatic heterocycles. The molecule has 0 atom stereocenters. The van der Waals surface area contributed by atoms with Crippen molar-refractivity contribution in [3.63, 3.8) is 0 Å². The second kappa shape index (κ2) is 3.98. The third-order valence-corrected chi connectivity index (χ3v) is 3.49. The summed E-state index contributed by atoms with van der Waals surface area (Å²) in [5.41, 5.74) is 2.54. The van der Waals surface area contributed by atoms with Gasteiger partial charge in [0.25, 0.3) is 0 Å². The highest BCUT2D eigenvalue weighted by Gasteiger charge is 2.28. The van der Waals surface area contributed by atoms with Crippen molar-refractivity contribution in [2.45, 2.75) is 31.4 Å². The van der Waals surface area contributed by atoms with E-state index in [-0.39, 0.29) is 0 Å². The Kier molecular flexibility index (Phi) is 2.48. The fraction of sp³-hybridized carbons (Fsp3) is 0.538. The first-order valence-corrected chi connectivity index (χ1v) is 5.90. The Balaban J connectivity index is 1.63. The predicted molar refractivity (Wildman–Crippen MR) is 63.1 cm³/mol. The number of ether oxygens (including phenoxy) is 2. The summed E-state index contributed by atoms with van der Waals surface area (Å²) in [6, 6.07) is 6.95. The van der Waals surface area contributed by atoms with E-state index >= 15 is 0 Å². The molecule has 16 heavy (non-hydrogen) atoms. The van der Waals surface area contributed by atoms with Gasteiger partial charge in [-0.15, -0.1) is 0 Å². The number of hydrogen-bond donors (Lipinski definition) is 1. The lowest BCUT2D eigenvalue weighted by Gasteiger charge is -2.35. The van der Waals surface area contributed by atoms with Crippen LogP contribution in [-0.2, 0) is 11.2 Å². The van der Waals surface area contributed by atoms with E-state index in [2.05, 4.69) is 23.5 Å². The molecule has 0 aromatic heterocycles. The van der Waals surface area contributed by atoms with Crippen LogP contribution in [0.3, 0.4) is 0 Å². The lowest BCUT2D eigenvalue weighted by atomic mass is 9.89. The van der Waals surface area contributed by atoms with Gasteiger partial charge in [-0.3, -0.25) is 0 Å². The van der Waals surface area contributed by atoms with Crippen LogP contribution in [0.2, 0.25) is 0 Å². The van der Waals surface area contributed by atoms with Crippen molar-refractivity contribution in [1.29, 1.82) is 0 Å². The van der Waals surface area contributed by atoms with Crippen molar-refractivity contribution < 1.29 is 9.47 Å². The Morgan fingerprint density at radius 1 is 1.38 bits per heavy atom. The fourth-order valence-electron chi connectivity index (χ4n) is 2.39. The van der Waals surface area contributed by atoms with Gasteiger partial charge in [0.15, 0.2) is 0 Å². The van der Waals surface area contributed by atoms with E-state index in [9.17, 15) is 0 Å². The highest BCUT2D eigenvalue weighted by Crippen LogP contribution is 2.31. The molecule has 0 saturated heterocycles. The third-order valence-electron chi connectivity index (χ3n) is 3.49. The van der Waals surface area contributed by atoms with Crippen LogP contribution in [0.15, 0.2) is 18.2 Å². The first-order valence-electron chi connectivity index (χ1n) is 5.90. The molecule has 1 fully saturated rings. The minimum atomic E-state index is 0.454. The number of nitrogens with one attached hydrogen (secondary N) is 1. The quantitative estimate of drug-likeness (QED) is 0.845. The zero-order valence-corrected chi connectivity index (χ0v) is 9.53. The Labute approximate surface area is 95.8 Å². The normalized spacial score (nSPS) is 26.8. The second-order valence-corrected chi connectivity index (χ2v) is 4.59. The van der Waals surface area contributed by atoms with Gasteiger partial charge in [-0.05, 0) is 36.6 Å². The van der Waals surface area contributed by atoms with Crippen LogP contribution in [0.25, 0.3) is 0 Å². The molecule has 3 rings (SSSR count). The number of fused-ring (bicyclic) bond motifs is 1. The van der Waals surface area contributed by atoms with Crippen molar-refractivity contribution in [1.82, 2.24) is 0 Å². The van der Waals surface area contributed by atoms with E-state index in [1.54, 1.807) is 7.11 Å². The lowest BCUT2D eigenvalue weighted by molar-refractivity contribution is 0.0329. The molecule has 0 unspecified atom stereocenters. The smallest absolute Gasteiger partial charge is 0.122 e. The van der Waals surface area contributed by atoms with Crippen molar-refractivity contribution in [2.75, 3.05) is 19.0 Å². The SMILES string of the molecule is COC1CC(Nc2ccc3c(c2)CCO3)C1. The molecule has 1 N–H and O–H groups in total. The van der Waals surface area contributed by atoms with E-state index in [1.807, 2.05) is 0 Å². The molecule has 1 aliphatic carbocycles. The number of hydrogen-bond acceptors (Lipinski definition) is 3. The molecule has 1 aromatic rings. The Hall–Kier alpha value is -1.22. The molecule has 0 radical (unpaired) electrons. The Morgan fingerprint density at radius 2 is 2.25 bits per heavy atom. The zero-order chi connectivity index (χ0) is 11.0. The van der Waals surface area contributed by atoms with Crippen LogP contribution >= 0.6 is 0 Å². The topological polar surface area (TPSA) is 30.5 Å². The Morgan fingerprint density at radius 3 is 3.06 bits per heavy atom. The lowest BCUT2D eigenvalue weighted by Crippen LogP contribution is -2.40. The van der Waals surface area contributed by atoms with Crippen molar-refractivity contribution in [2.24, 2.45) is 0 Å². The molecule has 2 aliphatic rings. The largest absolute Gasteiger partial charge is 0.493 e. The van der Waals surface area contributed by atoms with Crippen molar-refractivity contribution in [3.05, 3.63) is 23.8 Å². The minimum Gasteiger partial charge on any atom is -0.493 e. The van der Waals surface area contributed by atoms with Gasteiger partial charge in [0, 0.05) is 25.3 Å². The Bertz CT molecular complexity index is 386. The standard InChI is InChI=1S/C13H17NO2/c1-15-12-7-11(8-12)14-10-2-3-13-9(6-10)4-5-16-13/h2-3,6,11-12,14H,4-5,7-8H2,1H3. The van der Waals surface area contributed by atoms with E-state index in [1.165, 1.54) is 11.3 Å². The highest BCUT2D eigenvalue weighted by molar-refractivity contribution is 5.53. The molecule has 3 heteroatoms. The van der Waals surface area contributed by atoms with Crippen molar-refractivity contribution in [3.8, 4) is 5.75 Å². The molecular formula is C13H17NO2. The fourth-order valence-corrected chi connectivity index (χ4v) is 2.39. The molecule has 0 bridgehead atoms. The molecular weight excluding hydrogens is 202 g/mol. The number of anilines is 1. The highest BCUT2D eigenvalue weighted by atomic mass is 16.5. The van der Waals surface area contributed by atoms with Gasteiger partial charge in [-0.1, -0.05) is 0 Å². The summed E-state index contributed by atoms with van der Waals surface area (Å²) in [5, 5.41) is 3.54. The van der Waals surface area contributed by atoms with E-state index in [0.29, 0.717) is 12.1 Å². The summed E-state index contributed by atoms with van der Waals surface area (Å²) in [6.07, 6.45) is 3.72. The average molecular weight is 219 g/mol. The predicted octanol–water partition coefficient (Wildman–Crippen LogP) is 2.21. The molecule has 1 saturated carbocycles. The molecule has 3 nitrogen and oxygen atoms in total. The van der Waals surface area contributed by atoms with Crippen LogP contribution in [0.5, 0.6) is 5.75 Å². The number of rotatable bonds is 3. The van der Waals surface area contributed by atoms with E-state index in [4.69, 9.17) is 9.47 Å². The van der Waals surface area contributed by atoms with Gasteiger partial charge in [-0.25, -0.2) is 0 Å². The van der Waals surface area contributed by atoms with Gasteiger partial charge >= 0.3 is 0 Å². The zero-order valence-electron chi connectivity index (χ0n) is 9.53. The summed E-state index contributed by atoms with van der Waals surface area (Å²) in [6.45, 7) is 0.827. The molecule has 0 spiro atoms. The first kappa shape index (κ1) is 9.97. The van der Waals surface area contributed by atoms with E-state index in [0.717, 1.165) is 31.6 Å². The monoisotopic (exact) mass is 219 g/mol. The maximum atomic E-state index is 5.49. The molecule has 0 amide bonds. The van der Waals surface area contributed by atoms with Crippen LogP contribution in [0, 0.1) is 0 Å². The number of methoxy groups -OCH3 is 1. The summed E-state index contributed by atoms with van der Waals surface area (Å²) < 4.78 is 10.8. The minimum absolute atomic E-state index is 0.454.